The van der Waals surface area contributed by atoms with Crippen LogP contribution in [0.1, 0.15) is 32.8 Å². The maximum atomic E-state index is 5.66. The van der Waals surface area contributed by atoms with Crippen molar-refractivity contribution in [2.45, 2.75) is 39.7 Å². The Labute approximate surface area is 109 Å². The van der Waals surface area contributed by atoms with Crippen LogP contribution >= 0.6 is 0 Å². The predicted molar refractivity (Wildman–Crippen MR) is 75.8 cm³/mol. The molecule has 4 nitrogen and oxygen atoms in total. The molecular weight excluding hydrogens is 226 g/mol. The van der Waals surface area contributed by atoms with Gasteiger partial charge >= 0.3 is 0 Å². The minimum atomic E-state index is -0.134. The Morgan fingerprint density at radius 2 is 2.11 bits per heavy atom. The molecule has 0 aromatic heterocycles. The van der Waals surface area contributed by atoms with Gasteiger partial charge in [-0.15, -0.1) is 0 Å². The molecule has 0 spiro atoms. The van der Waals surface area contributed by atoms with Crippen LogP contribution in [0.4, 0.5) is 0 Å². The van der Waals surface area contributed by atoms with Gasteiger partial charge in [-0.3, -0.25) is 4.99 Å². The second-order valence-corrected chi connectivity index (χ2v) is 5.29. The Morgan fingerprint density at radius 3 is 2.67 bits per heavy atom. The molecule has 0 fully saturated rings. The summed E-state index contributed by atoms with van der Waals surface area (Å²) in [7, 11) is 0. The lowest BCUT2D eigenvalue weighted by Crippen LogP contribution is -2.34. The van der Waals surface area contributed by atoms with Crippen LogP contribution in [0.5, 0.6) is 5.75 Å². The average molecular weight is 249 g/mol. The third kappa shape index (κ3) is 5.68. The first-order valence-electron chi connectivity index (χ1n) is 6.15. The molecular formula is C14H23N3O. The number of nitrogens with zero attached hydrogens (tertiary/aromatic N) is 1. The van der Waals surface area contributed by atoms with Gasteiger partial charge in [0.2, 0.25) is 0 Å². The van der Waals surface area contributed by atoms with Crippen molar-refractivity contribution in [3.05, 3.63) is 29.8 Å². The van der Waals surface area contributed by atoms with Gasteiger partial charge in [-0.2, -0.15) is 0 Å². The Balaban J connectivity index is 2.48. The molecule has 0 unspecified atom stereocenters. The van der Waals surface area contributed by atoms with Gasteiger partial charge in [0, 0.05) is 6.42 Å². The van der Waals surface area contributed by atoms with Gasteiger partial charge in [-0.05, 0) is 45.4 Å². The van der Waals surface area contributed by atoms with E-state index in [1.807, 2.05) is 52.0 Å². The summed E-state index contributed by atoms with van der Waals surface area (Å²) in [4.78, 5) is 4.48. The standard InChI is InChI=1S/C14H23N3O/c1-11-6-5-7-12(10-11)18-9-8-13(17-15)16-14(2,3)4/h5-7,10H,8-9,15H2,1-4H3,(H,16,17). The largest absolute Gasteiger partial charge is 0.493 e. The molecule has 0 amide bonds. The molecule has 0 aliphatic rings. The van der Waals surface area contributed by atoms with Gasteiger partial charge in [0.1, 0.15) is 11.6 Å². The van der Waals surface area contributed by atoms with Crippen molar-refractivity contribution in [2.24, 2.45) is 10.8 Å². The Morgan fingerprint density at radius 1 is 1.39 bits per heavy atom. The van der Waals surface area contributed by atoms with Gasteiger partial charge in [-0.1, -0.05) is 12.1 Å². The summed E-state index contributed by atoms with van der Waals surface area (Å²) in [6.45, 7) is 8.70. The van der Waals surface area contributed by atoms with E-state index in [-0.39, 0.29) is 5.54 Å². The van der Waals surface area contributed by atoms with E-state index < -0.39 is 0 Å². The molecule has 3 N–H and O–H groups in total. The maximum absolute atomic E-state index is 5.66. The van der Waals surface area contributed by atoms with Gasteiger partial charge in [-0.25, -0.2) is 5.84 Å². The molecule has 4 heteroatoms. The second kappa shape index (κ2) is 6.40. The number of amidine groups is 1. The summed E-state index contributed by atoms with van der Waals surface area (Å²) in [5.41, 5.74) is 3.68. The van der Waals surface area contributed by atoms with Gasteiger partial charge in [0.15, 0.2) is 0 Å². The van der Waals surface area contributed by atoms with Crippen molar-refractivity contribution in [1.29, 1.82) is 0 Å². The molecule has 100 valence electrons. The first-order valence-corrected chi connectivity index (χ1v) is 6.15. The lowest BCUT2D eigenvalue weighted by Gasteiger charge is -2.16. The Kier molecular flexibility index (Phi) is 5.16. The number of ether oxygens (including phenoxy) is 1. The Bertz CT molecular complexity index is 408. The van der Waals surface area contributed by atoms with Crippen LogP contribution in [0.25, 0.3) is 0 Å². The van der Waals surface area contributed by atoms with Crippen molar-refractivity contribution >= 4 is 5.84 Å². The fourth-order valence-electron chi connectivity index (χ4n) is 1.54. The van der Waals surface area contributed by atoms with Crippen molar-refractivity contribution in [3.8, 4) is 5.75 Å². The minimum Gasteiger partial charge on any atom is -0.493 e. The number of aliphatic imine (C=N–C) groups is 1. The number of hydrazine groups is 1. The van der Waals surface area contributed by atoms with Crippen LogP contribution in [0, 0.1) is 6.92 Å². The van der Waals surface area contributed by atoms with Gasteiger partial charge < -0.3 is 10.2 Å². The fraction of sp³-hybridized carbons (Fsp3) is 0.500. The lowest BCUT2D eigenvalue weighted by molar-refractivity contribution is 0.327. The lowest BCUT2D eigenvalue weighted by atomic mass is 10.1. The molecule has 0 saturated heterocycles. The summed E-state index contributed by atoms with van der Waals surface area (Å²) in [6.07, 6.45) is 0.668. The summed E-state index contributed by atoms with van der Waals surface area (Å²) in [5.74, 6) is 7.08. The molecule has 0 aliphatic heterocycles. The van der Waals surface area contributed by atoms with Gasteiger partial charge in [0.05, 0.1) is 12.1 Å². The van der Waals surface area contributed by atoms with Crippen molar-refractivity contribution < 1.29 is 4.74 Å². The van der Waals surface area contributed by atoms with Gasteiger partial charge in [0.25, 0.3) is 0 Å². The fourth-order valence-corrected chi connectivity index (χ4v) is 1.54. The van der Waals surface area contributed by atoms with E-state index in [2.05, 4.69) is 10.4 Å². The highest BCUT2D eigenvalue weighted by atomic mass is 16.5. The SMILES string of the molecule is Cc1cccc(OCCC(=NC(C)(C)C)NN)c1. The molecule has 1 aromatic rings. The molecule has 0 saturated carbocycles. The minimum absolute atomic E-state index is 0.134. The first-order chi connectivity index (χ1) is 8.40. The van der Waals surface area contributed by atoms with E-state index in [0.717, 1.165) is 11.6 Å². The number of rotatable bonds is 4. The molecule has 18 heavy (non-hydrogen) atoms. The number of nitrogens with one attached hydrogen (secondary N) is 1. The van der Waals surface area contributed by atoms with Crippen molar-refractivity contribution in [2.75, 3.05) is 6.61 Å². The first kappa shape index (κ1) is 14.5. The third-order valence-corrected chi connectivity index (χ3v) is 2.23. The van der Waals surface area contributed by atoms with E-state index in [1.165, 1.54) is 5.56 Å². The Hall–Kier alpha value is -1.55. The normalized spacial score (nSPS) is 12.4. The molecule has 0 radical (unpaired) electrons. The molecule has 0 aliphatic carbocycles. The van der Waals surface area contributed by atoms with E-state index >= 15 is 0 Å². The zero-order chi connectivity index (χ0) is 13.6. The number of hydrogen-bond acceptors (Lipinski definition) is 3. The molecule has 0 bridgehead atoms. The maximum Gasteiger partial charge on any atom is 0.119 e. The third-order valence-electron chi connectivity index (χ3n) is 2.23. The van der Waals surface area contributed by atoms with Crippen molar-refractivity contribution in [3.63, 3.8) is 0 Å². The number of aryl methyl sites for hydroxylation is 1. The summed E-state index contributed by atoms with van der Waals surface area (Å²) in [6, 6.07) is 7.98. The second-order valence-electron chi connectivity index (χ2n) is 5.29. The summed E-state index contributed by atoms with van der Waals surface area (Å²) >= 11 is 0. The molecule has 1 aromatic carbocycles. The van der Waals surface area contributed by atoms with E-state index in [9.17, 15) is 0 Å². The van der Waals surface area contributed by atoms with E-state index in [1.54, 1.807) is 0 Å². The summed E-state index contributed by atoms with van der Waals surface area (Å²) < 4.78 is 5.66. The smallest absolute Gasteiger partial charge is 0.119 e. The van der Waals surface area contributed by atoms with Crippen LogP contribution in [0.3, 0.4) is 0 Å². The van der Waals surface area contributed by atoms with Crippen LogP contribution in [0.15, 0.2) is 29.3 Å². The number of benzene rings is 1. The predicted octanol–water partition coefficient (Wildman–Crippen LogP) is 2.42. The highest BCUT2D eigenvalue weighted by Gasteiger charge is 2.09. The molecule has 0 atom stereocenters. The monoisotopic (exact) mass is 249 g/mol. The van der Waals surface area contributed by atoms with Crippen LogP contribution < -0.4 is 16.0 Å². The highest BCUT2D eigenvalue weighted by Crippen LogP contribution is 2.13. The topological polar surface area (TPSA) is 59.6 Å². The average Bonchev–Trinajstić information content (AvgIpc) is 2.26. The van der Waals surface area contributed by atoms with Crippen LogP contribution in [-0.4, -0.2) is 18.0 Å². The number of hydrogen-bond donors (Lipinski definition) is 2. The summed E-state index contributed by atoms with van der Waals surface area (Å²) in [5, 5.41) is 0. The quantitative estimate of drug-likeness (QED) is 0.373. The van der Waals surface area contributed by atoms with Crippen LogP contribution in [0.2, 0.25) is 0 Å². The van der Waals surface area contributed by atoms with E-state index in [4.69, 9.17) is 10.6 Å². The van der Waals surface area contributed by atoms with Crippen LogP contribution in [-0.2, 0) is 0 Å². The zero-order valence-corrected chi connectivity index (χ0v) is 11.7. The van der Waals surface area contributed by atoms with E-state index in [0.29, 0.717) is 13.0 Å². The highest BCUT2D eigenvalue weighted by molar-refractivity contribution is 5.82. The van der Waals surface area contributed by atoms with Crippen molar-refractivity contribution in [1.82, 2.24) is 5.43 Å². The zero-order valence-electron chi connectivity index (χ0n) is 11.7. The number of nitrogens with two attached hydrogens (primary N) is 1. The molecule has 0 heterocycles. The molecule has 1 rings (SSSR count).